The van der Waals surface area contributed by atoms with Crippen molar-refractivity contribution in [3.63, 3.8) is 0 Å². The van der Waals surface area contributed by atoms with Crippen LogP contribution in [-0.4, -0.2) is 52.7 Å². The number of aliphatic carboxylic acids is 1. The molecule has 0 spiro atoms. The second-order valence-electron chi connectivity index (χ2n) is 5.17. The standard InChI is InChI=1S/C15H20N2O4/c1-11-2-3-12(10-16-11)15(20)17(7-4-14(18)19)13-5-8-21-9-6-13/h2-3,10,13H,4-9H2,1H3,(H,18,19). The Hall–Kier alpha value is -1.95. The first-order valence-corrected chi connectivity index (χ1v) is 7.11. The van der Waals surface area contributed by atoms with E-state index in [0.717, 1.165) is 18.5 Å². The molecule has 1 aromatic rings. The molecule has 1 aromatic heterocycles. The number of nitrogens with zero attached hydrogens (tertiary/aromatic N) is 2. The van der Waals surface area contributed by atoms with Crippen molar-refractivity contribution in [3.05, 3.63) is 29.6 Å². The third-order valence-corrected chi connectivity index (χ3v) is 3.62. The zero-order valence-electron chi connectivity index (χ0n) is 12.1. The molecule has 2 heterocycles. The molecule has 21 heavy (non-hydrogen) atoms. The van der Waals surface area contributed by atoms with Crippen LogP contribution in [0.1, 0.15) is 35.3 Å². The van der Waals surface area contributed by atoms with E-state index in [0.29, 0.717) is 18.8 Å². The summed E-state index contributed by atoms with van der Waals surface area (Å²) in [5, 5.41) is 8.87. The van der Waals surface area contributed by atoms with E-state index in [-0.39, 0.29) is 24.9 Å². The van der Waals surface area contributed by atoms with E-state index in [1.54, 1.807) is 23.2 Å². The molecule has 1 fully saturated rings. The predicted octanol–water partition coefficient (Wildman–Crippen LogP) is 1.49. The molecule has 0 bridgehead atoms. The maximum absolute atomic E-state index is 12.6. The van der Waals surface area contributed by atoms with Gasteiger partial charge in [0.25, 0.3) is 5.91 Å². The maximum atomic E-state index is 12.6. The highest BCUT2D eigenvalue weighted by atomic mass is 16.5. The lowest BCUT2D eigenvalue weighted by atomic mass is 10.1. The number of hydrogen-bond acceptors (Lipinski definition) is 4. The van der Waals surface area contributed by atoms with Crippen LogP contribution in [-0.2, 0) is 9.53 Å². The second-order valence-corrected chi connectivity index (χ2v) is 5.17. The summed E-state index contributed by atoms with van der Waals surface area (Å²) in [5.41, 5.74) is 1.34. The highest BCUT2D eigenvalue weighted by Gasteiger charge is 2.27. The minimum absolute atomic E-state index is 0.0342. The molecule has 1 N–H and O–H groups in total. The van der Waals surface area contributed by atoms with Crippen molar-refractivity contribution in [2.24, 2.45) is 0 Å². The molecule has 0 unspecified atom stereocenters. The molecule has 0 radical (unpaired) electrons. The first-order chi connectivity index (χ1) is 10.1. The summed E-state index contributed by atoms with van der Waals surface area (Å²) >= 11 is 0. The minimum atomic E-state index is -0.901. The fraction of sp³-hybridized carbons (Fsp3) is 0.533. The molecular weight excluding hydrogens is 272 g/mol. The Morgan fingerprint density at radius 2 is 2.10 bits per heavy atom. The Kier molecular flexibility index (Phi) is 5.27. The third-order valence-electron chi connectivity index (χ3n) is 3.62. The lowest BCUT2D eigenvalue weighted by Gasteiger charge is -2.34. The van der Waals surface area contributed by atoms with Gasteiger partial charge in [-0.3, -0.25) is 14.6 Å². The second kappa shape index (κ2) is 7.17. The number of hydrogen-bond donors (Lipinski definition) is 1. The highest BCUT2D eigenvalue weighted by Crippen LogP contribution is 2.18. The molecule has 1 saturated heterocycles. The number of carbonyl (C=O) groups is 2. The summed E-state index contributed by atoms with van der Waals surface area (Å²) in [7, 11) is 0. The number of aryl methyl sites for hydroxylation is 1. The van der Waals surface area contributed by atoms with Gasteiger partial charge in [0, 0.05) is 37.7 Å². The lowest BCUT2D eigenvalue weighted by Crippen LogP contribution is -2.44. The lowest BCUT2D eigenvalue weighted by molar-refractivity contribution is -0.137. The summed E-state index contributed by atoms with van der Waals surface area (Å²) in [5.74, 6) is -1.06. The van der Waals surface area contributed by atoms with Gasteiger partial charge >= 0.3 is 5.97 Å². The van der Waals surface area contributed by atoms with Gasteiger partial charge < -0.3 is 14.7 Å². The SMILES string of the molecule is Cc1ccc(C(=O)N(CCC(=O)O)C2CCOCC2)cn1. The average Bonchev–Trinajstić information content (AvgIpc) is 2.49. The first-order valence-electron chi connectivity index (χ1n) is 7.11. The zero-order valence-corrected chi connectivity index (χ0v) is 12.1. The molecule has 114 valence electrons. The summed E-state index contributed by atoms with van der Waals surface area (Å²) in [6.45, 7) is 3.28. The summed E-state index contributed by atoms with van der Waals surface area (Å²) < 4.78 is 5.31. The van der Waals surface area contributed by atoms with Crippen molar-refractivity contribution in [1.82, 2.24) is 9.88 Å². The largest absolute Gasteiger partial charge is 0.481 e. The average molecular weight is 292 g/mol. The van der Waals surface area contributed by atoms with Crippen LogP contribution in [0.4, 0.5) is 0 Å². The number of carboxylic acid groups (broad SMARTS) is 1. The van der Waals surface area contributed by atoms with E-state index in [4.69, 9.17) is 9.84 Å². The van der Waals surface area contributed by atoms with Crippen molar-refractivity contribution in [3.8, 4) is 0 Å². The van der Waals surface area contributed by atoms with E-state index < -0.39 is 5.97 Å². The van der Waals surface area contributed by atoms with Crippen molar-refractivity contribution in [2.75, 3.05) is 19.8 Å². The van der Waals surface area contributed by atoms with Gasteiger partial charge in [0.2, 0.25) is 0 Å². The fourth-order valence-electron chi connectivity index (χ4n) is 2.42. The maximum Gasteiger partial charge on any atom is 0.305 e. The summed E-state index contributed by atoms with van der Waals surface area (Å²) in [6.07, 6.45) is 2.97. The minimum Gasteiger partial charge on any atom is -0.481 e. The number of carbonyl (C=O) groups excluding carboxylic acids is 1. The van der Waals surface area contributed by atoms with Gasteiger partial charge in [-0.15, -0.1) is 0 Å². The molecule has 2 rings (SSSR count). The van der Waals surface area contributed by atoms with Gasteiger partial charge in [0.1, 0.15) is 0 Å². The number of pyridine rings is 1. The zero-order chi connectivity index (χ0) is 15.2. The number of ether oxygens (including phenoxy) is 1. The van der Waals surface area contributed by atoms with Crippen molar-refractivity contribution in [1.29, 1.82) is 0 Å². The van der Waals surface area contributed by atoms with Crippen molar-refractivity contribution in [2.45, 2.75) is 32.2 Å². The van der Waals surface area contributed by atoms with E-state index >= 15 is 0 Å². The molecule has 1 amide bonds. The topological polar surface area (TPSA) is 79.7 Å². The molecule has 1 aliphatic rings. The monoisotopic (exact) mass is 292 g/mol. The normalized spacial score (nSPS) is 15.7. The molecule has 0 atom stereocenters. The van der Waals surface area contributed by atoms with Gasteiger partial charge in [-0.25, -0.2) is 0 Å². The molecule has 6 nitrogen and oxygen atoms in total. The van der Waals surface area contributed by atoms with E-state index in [1.807, 2.05) is 6.92 Å². The number of aromatic nitrogens is 1. The Morgan fingerprint density at radius 3 is 2.67 bits per heavy atom. The van der Waals surface area contributed by atoms with Crippen LogP contribution in [0.2, 0.25) is 0 Å². The smallest absolute Gasteiger partial charge is 0.305 e. The summed E-state index contributed by atoms with van der Waals surface area (Å²) in [4.78, 5) is 29.2. The summed E-state index contributed by atoms with van der Waals surface area (Å²) in [6, 6.07) is 3.55. The molecular formula is C15H20N2O4. The Balaban J connectivity index is 2.14. The molecule has 0 saturated carbocycles. The van der Waals surface area contributed by atoms with Gasteiger partial charge in [0.15, 0.2) is 0 Å². The van der Waals surface area contributed by atoms with Gasteiger partial charge in [0.05, 0.1) is 12.0 Å². The predicted molar refractivity (Wildman–Crippen MR) is 76.1 cm³/mol. The fourth-order valence-corrected chi connectivity index (χ4v) is 2.42. The van der Waals surface area contributed by atoms with Gasteiger partial charge in [-0.05, 0) is 31.9 Å². The molecule has 1 aliphatic heterocycles. The van der Waals surface area contributed by atoms with Crippen LogP contribution in [0.25, 0.3) is 0 Å². The number of rotatable bonds is 5. The van der Waals surface area contributed by atoms with Crippen molar-refractivity contribution < 1.29 is 19.4 Å². The van der Waals surface area contributed by atoms with Gasteiger partial charge in [-0.2, -0.15) is 0 Å². The van der Waals surface area contributed by atoms with Crippen LogP contribution in [0.5, 0.6) is 0 Å². The highest BCUT2D eigenvalue weighted by molar-refractivity contribution is 5.94. The molecule has 0 aliphatic carbocycles. The third kappa shape index (κ3) is 4.26. The van der Waals surface area contributed by atoms with Gasteiger partial charge in [-0.1, -0.05) is 0 Å². The molecule has 0 aromatic carbocycles. The Bertz CT molecular complexity index is 495. The Labute approximate surface area is 123 Å². The number of carboxylic acids is 1. The number of amides is 1. The first kappa shape index (κ1) is 15.4. The quantitative estimate of drug-likeness (QED) is 0.889. The van der Waals surface area contributed by atoms with Crippen LogP contribution in [0, 0.1) is 6.92 Å². The van der Waals surface area contributed by atoms with E-state index in [1.165, 1.54) is 0 Å². The molecule has 6 heteroatoms. The van der Waals surface area contributed by atoms with Crippen molar-refractivity contribution >= 4 is 11.9 Å². The van der Waals surface area contributed by atoms with Crippen LogP contribution in [0.15, 0.2) is 18.3 Å². The van der Waals surface area contributed by atoms with E-state index in [9.17, 15) is 9.59 Å². The van der Waals surface area contributed by atoms with E-state index in [2.05, 4.69) is 4.98 Å². The van der Waals surface area contributed by atoms with Crippen LogP contribution >= 0.6 is 0 Å². The van der Waals surface area contributed by atoms with Crippen LogP contribution in [0.3, 0.4) is 0 Å². The van der Waals surface area contributed by atoms with Crippen LogP contribution < -0.4 is 0 Å². The Morgan fingerprint density at radius 1 is 1.38 bits per heavy atom.